The fraction of sp³-hybridized carbons (Fsp3) is 0.455. The summed E-state index contributed by atoms with van der Waals surface area (Å²) in [4.78, 5) is 0. The highest BCUT2D eigenvalue weighted by Crippen LogP contribution is 2.29. The number of ether oxygens (including phenoxy) is 1. The maximum Gasteiger partial charge on any atom is 0.124 e. The van der Waals surface area contributed by atoms with Gasteiger partial charge in [0, 0.05) is 27.7 Å². The maximum atomic E-state index is 6.21. The average molecular weight is 394 g/mol. The Morgan fingerprint density at radius 1 is 0.923 bits per heavy atom. The highest BCUT2D eigenvalue weighted by molar-refractivity contribution is 6.30. The SMILES string of the molecule is CC(C)(C)CC(C)(C)NCc1cc(Cl)ccc1OCc1cccc(Cl)c1. The standard InChI is InChI=1S/C22H29Cl2NO/c1-21(2,3)15-22(4,5)25-13-17-12-19(24)9-10-20(17)26-14-16-7-6-8-18(23)11-16/h6-12,25H,13-15H2,1-5H3. The van der Waals surface area contributed by atoms with Crippen molar-refractivity contribution >= 4 is 23.2 Å². The summed E-state index contributed by atoms with van der Waals surface area (Å²) in [7, 11) is 0. The Bertz CT molecular complexity index is 735. The summed E-state index contributed by atoms with van der Waals surface area (Å²) < 4.78 is 6.04. The lowest BCUT2D eigenvalue weighted by atomic mass is 9.82. The zero-order chi connectivity index (χ0) is 19.4. The molecule has 0 fully saturated rings. The van der Waals surface area contributed by atoms with Gasteiger partial charge in [-0.3, -0.25) is 0 Å². The first-order valence-electron chi connectivity index (χ1n) is 8.95. The van der Waals surface area contributed by atoms with E-state index >= 15 is 0 Å². The normalized spacial score (nSPS) is 12.3. The minimum atomic E-state index is 0.0186. The summed E-state index contributed by atoms with van der Waals surface area (Å²) >= 11 is 12.3. The van der Waals surface area contributed by atoms with Gasteiger partial charge in [0.25, 0.3) is 0 Å². The van der Waals surface area contributed by atoms with Gasteiger partial charge in [-0.2, -0.15) is 0 Å². The third kappa shape index (κ3) is 7.19. The molecule has 0 aliphatic rings. The van der Waals surface area contributed by atoms with Gasteiger partial charge in [0.1, 0.15) is 12.4 Å². The fourth-order valence-electron chi connectivity index (χ4n) is 3.34. The van der Waals surface area contributed by atoms with Crippen LogP contribution in [0.25, 0.3) is 0 Å². The van der Waals surface area contributed by atoms with E-state index in [1.54, 1.807) is 0 Å². The van der Waals surface area contributed by atoms with Crippen LogP contribution in [0.2, 0.25) is 10.0 Å². The fourth-order valence-corrected chi connectivity index (χ4v) is 3.75. The largest absolute Gasteiger partial charge is 0.489 e. The molecule has 4 heteroatoms. The molecule has 0 aliphatic heterocycles. The number of nitrogens with one attached hydrogen (secondary N) is 1. The van der Waals surface area contributed by atoms with E-state index in [-0.39, 0.29) is 11.0 Å². The Morgan fingerprint density at radius 3 is 2.27 bits per heavy atom. The van der Waals surface area contributed by atoms with Gasteiger partial charge in [-0.05, 0) is 61.6 Å². The molecule has 2 aromatic rings. The van der Waals surface area contributed by atoms with Crippen LogP contribution in [0.1, 0.15) is 52.2 Å². The average Bonchev–Trinajstić information content (AvgIpc) is 2.50. The number of halogens is 2. The van der Waals surface area contributed by atoms with Gasteiger partial charge in [-0.1, -0.05) is 56.1 Å². The van der Waals surface area contributed by atoms with Crippen LogP contribution in [0.4, 0.5) is 0 Å². The van der Waals surface area contributed by atoms with Crippen molar-refractivity contribution in [1.82, 2.24) is 5.32 Å². The molecule has 0 bridgehead atoms. The van der Waals surface area contributed by atoms with E-state index < -0.39 is 0 Å². The summed E-state index contributed by atoms with van der Waals surface area (Å²) in [6.07, 6.45) is 1.07. The Kier molecular flexibility index (Phi) is 7.01. The molecule has 1 N–H and O–H groups in total. The molecule has 2 rings (SSSR count). The predicted molar refractivity (Wildman–Crippen MR) is 112 cm³/mol. The molecular weight excluding hydrogens is 365 g/mol. The second-order valence-corrected chi connectivity index (χ2v) is 9.52. The lowest BCUT2D eigenvalue weighted by Crippen LogP contribution is -2.41. The van der Waals surface area contributed by atoms with Crippen LogP contribution < -0.4 is 10.1 Å². The van der Waals surface area contributed by atoms with Gasteiger partial charge >= 0.3 is 0 Å². The van der Waals surface area contributed by atoms with Gasteiger partial charge in [0.05, 0.1) is 0 Å². The molecule has 0 saturated heterocycles. The third-order valence-electron chi connectivity index (χ3n) is 4.04. The smallest absolute Gasteiger partial charge is 0.124 e. The van der Waals surface area contributed by atoms with Crippen molar-refractivity contribution in [3.05, 3.63) is 63.6 Å². The van der Waals surface area contributed by atoms with Crippen LogP contribution in [-0.2, 0) is 13.2 Å². The van der Waals surface area contributed by atoms with Crippen LogP contribution in [0.3, 0.4) is 0 Å². The molecule has 0 unspecified atom stereocenters. The van der Waals surface area contributed by atoms with Crippen molar-refractivity contribution in [1.29, 1.82) is 0 Å². The Balaban J connectivity index is 2.07. The summed E-state index contributed by atoms with van der Waals surface area (Å²) in [5.41, 5.74) is 2.38. The third-order valence-corrected chi connectivity index (χ3v) is 4.51. The second kappa shape index (κ2) is 8.65. The van der Waals surface area contributed by atoms with Crippen molar-refractivity contribution < 1.29 is 4.74 Å². The van der Waals surface area contributed by atoms with Gasteiger partial charge in [0.15, 0.2) is 0 Å². The molecule has 0 spiro atoms. The van der Waals surface area contributed by atoms with Gasteiger partial charge < -0.3 is 10.1 Å². The quantitative estimate of drug-likeness (QED) is 0.553. The Morgan fingerprint density at radius 2 is 1.62 bits per heavy atom. The van der Waals surface area contributed by atoms with Crippen molar-refractivity contribution in [2.45, 2.75) is 59.7 Å². The predicted octanol–water partition coefficient (Wildman–Crippen LogP) is 6.88. The van der Waals surface area contributed by atoms with E-state index in [2.05, 4.69) is 39.9 Å². The van der Waals surface area contributed by atoms with E-state index in [0.717, 1.165) is 23.3 Å². The summed E-state index contributed by atoms with van der Waals surface area (Å²) in [5.74, 6) is 0.841. The lowest BCUT2D eigenvalue weighted by Gasteiger charge is -2.33. The Labute approximate surface area is 167 Å². The molecule has 0 aliphatic carbocycles. The maximum absolute atomic E-state index is 6.21. The number of hydrogen-bond acceptors (Lipinski definition) is 2. The minimum Gasteiger partial charge on any atom is -0.489 e. The van der Waals surface area contributed by atoms with E-state index in [1.807, 2.05) is 42.5 Å². The summed E-state index contributed by atoms with van der Waals surface area (Å²) in [6.45, 7) is 12.4. The minimum absolute atomic E-state index is 0.0186. The Hall–Kier alpha value is -1.22. The van der Waals surface area contributed by atoms with E-state index in [1.165, 1.54) is 0 Å². The van der Waals surface area contributed by atoms with Crippen LogP contribution in [0.5, 0.6) is 5.75 Å². The number of benzene rings is 2. The molecule has 2 aromatic carbocycles. The van der Waals surface area contributed by atoms with Crippen LogP contribution in [0, 0.1) is 5.41 Å². The van der Waals surface area contributed by atoms with Gasteiger partial charge in [-0.15, -0.1) is 0 Å². The monoisotopic (exact) mass is 393 g/mol. The van der Waals surface area contributed by atoms with E-state index in [4.69, 9.17) is 27.9 Å². The number of hydrogen-bond donors (Lipinski definition) is 1. The van der Waals surface area contributed by atoms with Gasteiger partial charge in [0.2, 0.25) is 0 Å². The molecule has 0 aromatic heterocycles. The number of rotatable bonds is 7. The van der Waals surface area contributed by atoms with Crippen molar-refractivity contribution in [2.24, 2.45) is 5.41 Å². The first-order chi connectivity index (χ1) is 12.0. The first kappa shape index (κ1) is 21.1. The van der Waals surface area contributed by atoms with Gasteiger partial charge in [-0.25, -0.2) is 0 Å². The highest BCUT2D eigenvalue weighted by atomic mass is 35.5. The second-order valence-electron chi connectivity index (χ2n) is 8.65. The van der Waals surface area contributed by atoms with E-state index in [9.17, 15) is 0 Å². The highest BCUT2D eigenvalue weighted by Gasteiger charge is 2.25. The molecule has 0 atom stereocenters. The molecule has 0 amide bonds. The molecule has 0 heterocycles. The molecule has 2 nitrogen and oxygen atoms in total. The first-order valence-corrected chi connectivity index (χ1v) is 9.70. The lowest BCUT2D eigenvalue weighted by molar-refractivity contribution is 0.238. The topological polar surface area (TPSA) is 21.3 Å². The molecule has 0 saturated carbocycles. The van der Waals surface area contributed by atoms with E-state index in [0.29, 0.717) is 23.2 Å². The zero-order valence-corrected chi connectivity index (χ0v) is 17.8. The molecular formula is C22H29Cl2NO. The van der Waals surface area contributed by atoms with Crippen molar-refractivity contribution in [2.75, 3.05) is 0 Å². The van der Waals surface area contributed by atoms with Crippen LogP contribution in [-0.4, -0.2) is 5.54 Å². The molecule has 142 valence electrons. The summed E-state index contributed by atoms with van der Waals surface area (Å²) in [5, 5.41) is 5.08. The summed E-state index contributed by atoms with van der Waals surface area (Å²) in [6, 6.07) is 13.5. The molecule has 0 radical (unpaired) electrons. The van der Waals surface area contributed by atoms with Crippen molar-refractivity contribution in [3.8, 4) is 5.75 Å². The van der Waals surface area contributed by atoms with Crippen LogP contribution >= 0.6 is 23.2 Å². The van der Waals surface area contributed by atoms with Crippen molar-refractivity contribution in [3.63, 3.8) is 0 Å². The zero-order valence-electron chi connectivity index (χ0n) is 16.3. The molecule has 26 heavy (non-hydrogen) atoms. The van der Waals surface area contributed by atoms with Crippen LogP contribution in [0.15, 0.2) is 42.5 Å².